The summed E-state index contributed by atoms with van der Waals surface area (Å²) in [6, 6.07) is 23.9. The molecule has 14 nitrogen and oxygen atoms in total. The molecule has 10 atom stereocenters. The monoisotopic (exact) mass is 865 g/mol. The van der Waals surface area contributed by atoms with Gasteiger partial charge in [-0.3, -0.25) is 19.2 Å². The Labute approximate surface area is 366 Å². The minimum absolute atomic E-state index is 0.0684. The number of carbonyl (C=O) groups excluding carboxylic acids is 6. The fourth-order valence-electron chi connectivity index (χ4n) is 9.46. The van der Waals surface area contributed by atoms with Gasteiger partial charge in [-0.15, -0.1) is 0 Å². The van der Waals surface area contributed by atoms with Gasteiger partial charge in [0.25, 0.3) is 5.91 Å². The summed E-state index contributed by atoms with van der Waals surface area (Å²) in [7, 11) is 0. The number of Topliss-reactive ketones (excluding diaryl/α,β-unsaturated/α-hetero) is 1. The van der Waals surface area contributed by atoms with E-state index in [1.54, 1.807) is 99.6 Å². The predicted molar refractivity (Wildman–Crippen MR) is 228 cm³/mol. The van der Waals surface area contributed by atoms with Gasteiger partial charge in [-0.1, -0.05) is 87.2 Å². The normalized spacial score (nSPS) is 30.8. The second kappa shape index (κ2) is 18.8. The first kappa shape index (κ1) is 46.5. The molecule has 0 unspecified atom stereocenters. The van der Waals surface area contributed by atoms with Crippen molar-refractivity contribution in [3.63, 3.8) is 0 Å². The highest BCUT2D eigenvalue weighted by Gasteiger charge is 2.75. The lowest BCUT2D eigenvalue weighted by molar-refractivity contribution is -0.339. The van der Waals surface area contributed by atoms with Gasteiger partial charge in [0.15, 0.2) is 17.5 Å². The number of ether oxygens (including phenoxy) is 5. The fourth-order valence-corrected chi connectivity index (χ4v) is 9.46. The van der Waals surface area contributed by atoms with Crippen LogP contribution < -0.4 is 5.32 Å². The molecule has 3 aromatic rings. The number of esters is 4. The summed E-state index contributed by atoms with van der Waals surface area (Å²) in [5.41, 5.74) is -4.80. The van der Waals surface area contributed by atoms with Crippen LogP contribution in [0.15, 0.2) is 114 Å². The van der Waals surface area contributed by atoms with Crippen LogP contribution in [0, 0.1) is 11.3 Å². The van der Waals surface area contributed by atoms with E-state index in [2.05, 4.69) is 11.9 Å². The van der Waals surface area contributed by atoms with E-state index in [-0.39, 0.29) is 48.2 Å². The van der Waals surface area contributed by atoms with Gasteiger partial charge in [0.1, 0.15) is 23.9 Å². The summed E-state index contributed by atoms with van der Waals surface area (Å²) < 4.78 is 30.5. The Morgan fingerprint density at radius 1 is 0.873 bits per heavy atom. The number of carbonyl (C=O) groups is 6. The van der Waals surface area contributed by atoms with E-state index in [1.807, 2.05) is 0 Å². The number of ketones is 1. The number of fused-ring (bicyclic) bond motifs is 3. The van der Waals surface area contributed by atoms with Crippen molar-refractivity contribution in [3.8, 4) is 0 Å². The maximum atomic E-state index is 15.6. The summed E-state index contributed by atoms with van der Waals surface area (Å²) in [5, 5.41) is 28.3. The highest BCUT2D eigenvalue weighted by atomic mass is 16.6. The molecule has 3 aliphatic rings. The zero-order valence-corrected chi connectivity index (χ0v) is 36.3. The number of amides is 1. The van der Waals surface area contributed by atoms with E-state index in [1.165, 1.54) is 26.0 Å². The van der Waals surface area contributed by atoms with Gasteiger partial charge in [-0.05, 0) is 67.7 Å². The van der Waals surface area contributed by atoms with E-state index in [4.69, 9.17) is 23.7 Å². The predicted octanol–water partition coefficient (Wildman–Crippen LogP) is 5.71. The number of hydrogen-bond donors (Lipinski definition) is 3. The van der Waals surface area contributed by atoms with Gasteiger partial charge in [0.2, 0.25) is 0 Å². The number of aliphatic hydroxyl groups excluding tert-OH is 1. The topological polar surface area (TPSA) is 201 Å². The molecule has 14 heteroatoms. The Balaban J connectivity index is 1.54. The van der Waals surface area contributed by atoms with Crippen molar-refractivity contribution >= 4 is 35.6 Å². The van der Waals surface area contributed by atoms with Crippen LogP contribution in [-0.2, 0) is 42.9 Å². The molecule has 1 heterocycles. The number of hydrogen-bond acceptors (Lipinski definition) is 13. The van der Waals surface area contributed by atoms with Crippen molar-refractivity contribution < 1.29 is 62.7 Å². The molecule has 6 rings (SSSR count). The molecule has 2 aliphatic carbocycles. The molecule has 3 aromatic carbocycles. The molecule has 0 spiro atoms. The summed E-state index contributed by atoms with van der Waals surface area (Å²) in [6.45, 7) is 12.4. The summed E-state index contributed by atoms with van der Waals surface area (Å²) in [5.74, 6) is -6.35. The van der Waals surface area contributed by atoms with E-state index in [9.17, 15) is 34.2 Å². The number of benzene rings is 3. The molecular formula is C49H55NO13. The van der Waals surface area contributed by atoms with Crippen LogP contribution >= 0.6 is 0 Å². The zero-order chi connectivity index (χ0) is 45.9. The smallest absolute Gasteiger partial charge is 0.338 e. The second-order valence-electron chi connectivity index (χ2n) is 16.7. The van der Waals surface area contributed by atoms with Gasteiger partial charge >= 0.3 is 23.9 Å². The van der Waals surface area contributed by atoms with E-state index in [0.717, 1.165) is 6.92 Å². The minimum Gasteiger partial charge on any atom is -0.455 e. The Hall–Kier alpha value is -5.96. The molecule has 1 aliphatic heterocycles. The average Bonchev–Trinajstić information content (AvgIpc) is 3.27. The summed E-state index contributed by atoms with van der Waals surface area (Å²) in [4.78, 5) is 83.9. The molecule has 3 N–H and O–H groups in total. The third kappa shape index (κ3) is 8.97. The van der Waals surface area contributed by atoms with Crippen LogP contribution in [0.4, 0.5) is 0 Å². The van der Waals surface area contributed by atoms with Gasteiger partial charge in [0.05, 0.1) is 41.2 Å². The quantitative estimate of drug-likeness (QED) is 0.0866. The molecule has 1 saturated heterocycles. The van der Waals surface area contributed by atoms with Crippen molar-refractivity contribution in [1.82, 2.24) is 5.32 Å². The Kier molecular flexibility index (Phi) is 13.9. The van der Waals surface area contributed by atoms with Crippen molar-refractivity contribution in [2.24, 2.45) is 11.3 Å². The van der Waals surface area contributed by atoms with Gasteiger partial charge < -0.3 is 39.2 Å². The lowest BCUT2D eigenvalue weighted by atomic mass is 9.50. The van der Waals surface area contributed by atoms with Crippen LogP contribution in [0.5, 0.6) is 0 Å². The SMILES string of the molecule is C=C(C(=O)O[C@H]1C[C@](O)(CC)[C@@H](OC(=O)c2ccccc2)[C@@H]2[C@]3(OC(C)=O)CO[C@@H]3C[C@H](O)[C@@]2(C)C(=O)[C@H](OC(C)=O)/C(CC)=C/1C)[C@@H](NC(=O)c1ccccc1)c1ccccc1. The number of aliphatic hydroxyl groups is 2. The van der Waals surface area contributed by atoms with E-state index < -0.39 is 101 Å². The second-order valence-corrected chi connectivity index (χ2v) is 16.7. The summed E-state index contributed by atoms with van der Waals surface area (Å²) >= 11 is 0. The lowest BCUT2D eigenvalue weighted by Crippen LogP contribution is -2.79. The third-order valence-electron chi connectivity index (χ3n) is 13.0. The van der Waals surface area contributed by atoms with E-state index in [0.29, 0.717) is 11.1 Å². The van der Waals surface area contributed by atoms with Crippen LogP contribution in [0.25, 0.3) is 0 Å². The largest absolute Gasteiger partial charge is 0.455 e. The highest BCUT2D eigenvalue weighted by Crippen LogP contribution is 2.59. The molecule has 1 amide bonds. The van der Waals surface area contributed by atoms with Crippen LogP contribution in [0.1, 0.15) is 99.5 Å². The molecular weight excluding hydrogens is 811 g/mol. The van der Waals surface area contributed by atoms with Gasteiger partial charge in [0, 0.05) is 32.3 Å². The van der Waals surface area contributed by atoms with Gasteiger partial charge in [-0.2, -0.15) is 0 Å². The molecule has 334 valence electrons. The van der Waals surface area contributed by atoms with Crippen LogP contribution in [0.2, 0.25) is 0 Å². The third-order valence-corrected chi connectivity index (χ3v) is 13.0. The number of nitrogens with one attached hydrogen (secondary N) is 1. The first-order chi connectivity index (χ1) is 29.9. The zero-order valence-electron chi connectivity index (χ0n) is 36.3. The molecule has 0 radical (unpaired) electrons. The molecule has 1 saturated carbocycles. The molecule has 2 fully saturated rings. The Morgan fingerprint density at radius 3 is 1.98 bits per heavy atom. The van der Waals surface area contributed by atoms with Crippen molar-refractivity contribution in [3.05, 3.63) is 131 Å². The van der Waals surface area contributed by atoms with Crippen molar-refractivity contribution in [2.75, 3.05) is 6.61 Å². The first-order valence-corrected chi connectivity index (χ1v) is 21.1. The molecule has 0 bridgehead atoms. The fraction of sp³-hybridized carbons (Fsp3) is 0.429. The lowest BCUT2D eigenvalue weighted by Gasteiger charge is -2.64. The molecule has 0 aromatic heterocycles. The Bertz CT molecular complexity index is 2260. The van der Waals surface area contributed by atoms with Crippen LogP contribution in [0.3, 0.4) is 0 Å². The molecule has 63 heavy (non-hydrogen) atoms. The number of rotatable bonds is 12. The maximum absolute atomic E-state index is 15.6. The average molecular weight is 866 g/mol. The van der Waals surface area contributed by atoms with Crippen LogP contribution in [-0.4, -0.2) is 94.1 Å². The standard InChI is InChI=1S/C49H55NO13/c1-8-35-28(3)36(61-45(56)29(4)39(32-19-13-10-14-20-32)50-44(55)33-21-15-11-16-22-33)26-48(58,9-2)43(62-46(57)34-23-17-12-18-24-34)41-47(7,42(54)40(35)60-30(5)51)37(53)25-38-49(41,27-59-38)63-31(6)52/h10-24,36-41,43,53,58H,4,8-9,25-27H2,1-3,5-7H3,(H,50,55)/b35-28+/t36-,37-,38+,39+,40+,41-,43-,47+,48+,49-/m0/s1. The van der Waals surface area contributed by atoms with E-state index >= 15 is 4.79 Å². The van der Waals surface area contributed by atoms with Crippen molar-refractivity contribution in [1.29, 1.82) is 0 Å². The highest BCUT2D eigenvalue weighted by molar-refractivity contribution is 5.97. The summed E-state index contributed by atoms with van der Waals surface area (Å²) in [6.07, 6.45) is -8.24. The van der Waals surface area contributed by atoms with Gasteiger partial charge in [-0.25, -0.2) is 9.59 Å². The van der Waals surface area contributed by atoms with Crippen molar-refractivity contribution in [2.45, 2.75) is 115 Å². The first-order valence-electron chi connectivity index (χ1n) is 21.1. The Morgan fingerprint density at radius 2 is 1.46 bits per heavy atom. The maximum Gasteiger partial charge on any atom is 0.338 e. The minimum atomic E-state index is -2.21.